The fourth-order valence-corrected chi connectivity index (χ4v) is 1.57. The maximum absolute atomic E-state index is 5.99. The first-order valence-corrected chi connectivity index (χ1v) is 6.12. The summed E-state index contributed by atoms with van der Waals surface area (Å²) in [6.07, 6.45) is 2.68. The van der Waals surface area contributed by atoms with Crippen LogP contribution in [0.3, 0.4) is 0 Å². The van der Waals surface area contributed by atoms with Crippen LogP contribution < -0.4 is 5.73 Å². The highest BCUT2D eigenvalue weighted by molar-refractivity contribution is 5.28. The molecule has 0 fully saturated rings. The molecule has 96 valence electrons. The lowest BCUT2D eigenvalue weighted by Crippen LogP contribution is -2.18. The van der Waals surface area contributed by atoms with E-state index in [1.807, 2.05) is 30.3 Å². The van der Waals surface area contributed by atoms with Crippen LogP contribution in [0.2, 0.25) is 0 Å². The van der Waals surface area contributed by atoms with Crippen LogP contribution in [-0.2, 0) is 4.74 Å². The number of para-hydroxylation sites is 1. The third-order valence-electron chi connectivity index (χ3n) is 2.52. The van der Waals surface area contributed by atoms with Gasteiger partial charge in [0, 0.05) is 6.61 Å². The second-order valence-corrected chi connectivity index (χ2v) is 4.08. The van der Waals surface area contributed by atoms with Crippen LogP contribution in [-0.4, -0.2) is 28.2 Å². The maximum Gasteiger partial charge on any atom is 0.102 e. The molecule has 0 amide bonds. The number of ether oxygens (including phenoxy) is 1. The molecule has 5 nitrogen and oxygen atoms in total. The van der Waals surface area contributed by atoms with Crippen molar-refractivity contribution in [3.05, 3.63) is 42.2 Å². The van der Waals surface area contributed by atoms with Crippen LogP contribution in [0.25, 0.3) is 5.69 Å². The molecule has 0 saturated heterocycles. The number of benzene rings is 1. The lowest BCUT2D eigenvalue weighted by molar-refractivity contribution is 0.120. The molecule has 0 saturated carbocycles. The summed E-state index contributed by atoms with van der Waals surface area (Å²) in [4.78, 5) is 1.58. The van der Waals surface area contributed by atoms with Crippen molar-refractivity contribution in [2.24, 2.45) is 5.73 Å². The molecular formula is C13H18N4O. The highest BCUT2D eigenvalue weighted by Crippen LogP contribution is 2.09. The molecule has 0 aliphatic rings. The number of nitrogens with two attached hydrogens (primary N) is 1. The van der Waals surface area contributed by atoms with Gasteiger partial charge in [-0.05, 0) is 18.6 Å². The first-order valence-electron chi connectivity index (χ1n) is 6.12. The number of hydrogen-bond acceptors (Lipinski definition) is 4. The van der Waals surface area contributed by atoms with E-state index < -0.39 is 0 Å². The molecule has 0 spiro atoms. The van der Waals surface area contributed by atoms with Gasteiger partial charge in [0.1, 0.15) is 5.69 Å². The maximum atomic E-state index is 5.99. The van der Waals surface area contributed by atoms with Crippen molar-refractivity contribution in [1.82, 2.24) is 15.0 Å². The van der Waals surface area contributed by atoms with Crippen LogP contribution in [0.1, 0.15) is 25.1 Å². The monoisotopic (exact) mass is 246 g/mol. The summed E-state index contributed by atoms with van der Waals surface area (Å²) in [5.41, 5.74) is 7.65. The van der Waals surface area contributed by atoms with E-state index in [0.29, 0.717) is 6.61 Å². The van der Waals surface area contributed by atoms with E-state index in [1.165, 1.54) is 0 Å². The molecule has 2 aromatic rings. The van der Waals surface area contributed by atoms with E-state index in [9.17, 15) is 0 Å². The largest absolute Gasteiger partial charge is 0.379 e. The van der Waals surface area contributed by atoms with Gasteiger partial charge in [-0.25, -0.2) is 0 Å². The molecule has 0 radical (unpaired) electrons. The highest BCUT2D eigenvalue weighted by atomic mass is 16.5. The van der Waals surface area contributed by atoms with E-state index in [-0.39, 0.29) is 6.04 Å². The third-order valence-corrected chi connectivity index (χ3v) is 2.52. The first-order chi connectivity index (χ1) is 8.81. The summed E-state index contributed by atoms with van der Waals surface area (Å²) in [5, 5.41) is 8.57. The van der Waals surface area contributed by atoms with Gasteiger partial charge in [0.05, 0.1) is 24.5 Å². The summed E-state index contributed by atoms with van der Waals surface area (Å²) in [6, 6.07) is 9.52. The normalized spacial score (nSPS) is 12.6. The van der Waals surface area contributed by atoms with Gasteiger partial charge >= 0.3 is 0 Å². The van der Waals surface area contributed by atoms with E-state index in [0.717, 1.165) is 24.4 Å². The Labute approximate surface area is 107 Å². The molecule has 0 aliphatic carbocycles. The fourth-order valence-electron chi connectivity index (χ4n) is 1.57. The van der Waals surface area contributed by atoms with Crippen molar-refractivity contribution in [3.8, 4) is 5.69 Å². The molecule has 0 aliphatic heterocycles. The minimum atomic E-state index is -0.228. The number of aromatic nitrogens is 3. The topological polar surface area (TPSA) is 66.0 Å². The van der Waals surface area contributed by atoms with Gasteiger partial charge < -0.3 is 10.5 Å². The number of nitrogens with zero attached hydrogens (tertiary/aromatic N) is 3. The Morgan fingerprint density at radius 1 is 1.33 bits per heavy atom. The number of rotatable bonds is 6. The molecule has 1 heterocycles. The Kier molecular flexibility index (Phi) is 4.44. The SMILES string of the molecule is CCCOCC(N)c1cnn(-c2ccccc2)n1. The first kappa shape index (κ1) is 12.7. The van der Waals surface area contributed by atoms with E-state index in [4.69, 9.17) is 10.5 Å². The van der Waals surface area contributed by atoms with E-state index >= 15 is 0 Å². The average Bonchev–Trinajstić information content (AvgIpc) is 2.89. The molecule has 0 bridgehead atoms. The van der Waals surface area contributed by atoms with E-state index in [2.05, 4.69) is 17.1 Å². The fraction of sp³-hybridized carbons (Fsp3) is 0.385. The van der Waals surface area contributed by atoms with Gasteiger partial charge in [0.2, 0.25) is 0 Å². The van der Waals surface area contributed by atoms with Crippen LogP contribution >= 0.6 is 0 Å². The lowest BCUT2D eigenvalue weighted by Gasteiger charge is -2.08. The summed E-state index contributed by atoms with van der Waals surface area (Å²) >= 11 is 0. The van der Waals surface area contributed by atoms with Crippen LogP contribution in [0.4, 0.5) is 0 Å². The Bertz CT molecular complexity index is 469. The van der Waals surface area contributed by atoms with Gasteiger partial charge in [-0.3, -0.25) is 0 Å². The zero-order valence-corrected chi connectivity index (χ0v) is 10.5. The van der Waals surface area contributed by atoms with Crippen molar-refractivity contribution < 1.29 is 4.74 Å². The Morgan fingerprint density at radius 2 is 2.11 bits per heavy atom. The summed E-state index contributed by atoms with van der Waals surface area (Å²) in [6.45, 7) is 3.26. The summed E-state index contributed by atoms with van der Waals surface area (Å²) in [7, 11) is 0. The van der Waals surface area contributed by atoms with Gasteiger partial charge in [0.15, 0.2) is 0 Å². The zero-order chi connectivity index (χ0) is 12.8. The standard InChI is InChI=1S/C13H18N4O/c1-2-8-18-10-12(14)13-9-15-17(16-13)11-6-4-3-5-7-11/h3-7,9,12H,2,8,10,14H2,1H3. The van der Waals surface area contributed by atoms with Crippen LogP contribution in [0.15, 0.2) is 36.5 Å². The summed E-state index contributed by atoms with van der Waals surface area (Å²) < 4.78 is 5.41. The minimum Gasteiger partial charge on any atom is -0.379 e. The van der Waals surface area contributed by atoms with Crippen molar-refractivity contribution in [3.63, 3.8) is 0 Å². The van der Waals surface area contributed by atoms with Gasteiger partial charge in [-0.15, -0.1) is 0 Å². The predicted molar refractivity (Wildman–Crippen MR) is 69.4 cm³/mol. The molecule has 18 heavy (non-hydrogen) atoms. The second kappa shape index (κ2) is 6.28. The van der Waals surface area contributed by atoms with Gasteiger partial charge in [-0.2, -0.15) is 15.0 Å². The van der Waals surface area contributed by atoms with Crippen molar-refractivity contribution in [2.75, 3.05) is 13.2 Å². The van der Waals surface area contributed by atoms with Gasteiger partial charge in [0.25, 0.3) is 0 Å². The molecular weight excluding hydrogens is 228 g/mol. The highest BCUT2D eigenvalue weighted by Gasteiger charge is 2.11. The van der Waals surface area contributed by atoms with Crippen molar-refractivity contribution in [2.45, 2.75) is 19.4 Å². The van der Waals surface area contributed by atoms with Crippen LogP contribution in [0.5, 0.6) is 0 Å². The molecule has 1 atom stereocenters. The molecule has 2 N–H and O–H groups in total. The average molecular weight is 246 g/mol. The van der Waals surface area contributed by atoms with Gasteiger partial charge in [-0.1, -0.05) is 25.1 Å². The minimum absolute atomic E-state index is 0.228. The Hall–Kier alpha value is -1.72. The quantitative estimate of drug-likeness (QED) is 0.788. The third kappa shape index (κ3) is 3.15. The molecule has 1 unspecified atom stereocenters. The van der Waals surface area contributed by atoms with Crippen LogP contribution in [0, 0.1) is 0 Å². The molecule has 2 rings (SSSR count). The Morgan fingerprint density at radius 3 is 2.83 bits per heavy atom. The predicted octanol–water partition coefficient (Wildman–Crippen LogP) is 1.69. The van der Waals surface area contributed by atoms with Crippen molar-refractivity contribution in [1.29, 1.82) is 0 Å². The number of hydrogen-bond donors (Lipinski definition) is 1. The lowest BCUT2D eigenvalue weighted by atomic mass is 10.2. The zero-order valence-electron chi connectivity index (χ0n) is 10.5. The Balaban J connectivity index is 2.02. The second-order valence-electron chi connectivity index (χ2n) is 4.08. The van der Waals surface area contributed by atoms with Crippen molar-refractivity contribution >= 4 is 0 Å². The molecule has 1 aromatic carbocycles. The molecule has 1 aromatic heterocycles. The smallest absolute Gasteiger partial charge is 0.102 e. The summed E-state index contributed by atoms with van der Waals surface area (Å²) in [5.74, 6) is 0. The molecule has 5 heteroatoms. The van der Waals surface area contributed by atoms with E-state index in [1.54, 1.807) is 11.0 Å².